The number of rotatable bonds is 4. The maximum Gasteiger partial charge on any atom is 0.251 e. The van der Waals surface area contributed by atoms with E-state index in [9.17, 15) is 4.79 Å². The van der Waals surface area contributed by atoms with E-state index in [1.165, 1.54) is 5.56 Å². The number of carbonyl (C=O) groups excluding carboxylic acids is 1. The number of carbonyl (C=O) groups is 1. The zero-order chi connectivity index (χ0) is 20.1. The van der Waals surface area contributed by atoms with Crippen LogP contribution in [0.15, 0.2) is 48.0 Å². The summed E-state index contributed by atoms with van der Waals surface area (Å²) in [4.78, 5) is 25.3. The Bertz CT molecular complexity index is 837. The smallest absolute Gasteiger partial charge is 0.251 e. The van der Waals surface area contributed by atoms with Crippen molar-refractivity contribution in [3.8, 4) is 5.69 Å². The molecule has 0 spiro atoms. The van der Waals surface area contributed by atoms with E-state index in [-0.39, 0.29) is 12.0 Å². The second-order valence-corrected chi connectivity index (χ2v) is 7.31. The van der Waals surface area contributed by atoms with Gasteiger partial charge in [0.2, 0.25) is 0 Å². The van der Waals surface area contributed by atoms with Gasteiger partial charge in [-0.15, -0.1) is 0 Å². The molecular formula is C21H28N6O2. The van der Waals surface area contributed by atoms with Crippen LogP contribution >= 0.6 is 0 Å². The summed E-state index contributed by atoms with van der Waals surface area (Å²) < 4.78 is 7.55. The molecule has 0 aliphatic carbocycles. The average Bonchev–Trinajstić information content (AvgIpc) is 3.49. The molecule has 1 aromatic carbocycles. The van der Waals surface area contributed by atoms with Gasteiger partial charge in [-0.3, -0.25) is 9.79 Å². The van der Waals surface area contributed by atoms with Crippen molar-refractivity contribution < 1.29 is 9.53 Å². The zero-order valence-electron chi connectivity index (χ0n) is 16.8. The second-order valence-electron chi connectivity index (χ2n) is 7.31. The first kappa shape index (κ1) is 19.4. The van der Waals surface area contributed by atoms with Crippen molar-refractivity contribution in [2.75, 3.05) is 39.8 Å². The fraction of sp³-hybridized carbons (Fsp3) is 0.476. The number of benzene rings is 1. The van der Waals surface area contributed by atoms with Gasteiger partial charge in [0.1, 0.15) is 6.10 Å². The van der Waals surface area contributed by atoms with Gasteiger partial charge >= 0.3 is 0 Å². The Morgan fingerprint density at radius 3 is 2.72 bits per heavy atom. The molecule has 2 saturated heterocycles. The largest absolute Gasteiger partial charge is 0.368 e. The molecule has 2 aliphatic rings. The van der Waals surface area contributed by atoms with Crippen LogP contribution in [0.1, 0.15) is 18.4 Å². The Morgan fingerprint density at radius 1 is 1.24 bits per heavy atom. The Kier molecular flexibility index (Phi) is 6.09. The number of aliphatic imine (C=N–C) groups is 1. The molecule has 1 amide bonds. The summed E-state index contributed by atoms with van der Waals surface area (Å²) in [5.41, 5.74) is 2.26. The number of amides is 1. The average molecular weight is 396 g/mol. The standard InChI is InChI=1S/C21H28N6O2/c1-22-21(24-15-17-5-2-3-6-18(17)27-9-8-23-16-27)26-12-10-25(11-13-26)20(28)19-7-4-14-29-19/h2-3,5-6,8-9,16,19H,4,7,10-15H2,1H3,(H,22,24). The van der Waals surface area contributed by atoms with Gasteiger partial charge in [-0.1, -0.05) is 18.2 Å². The summed E-state index contributed by atoms with van der Waals surface area (Å²) in [5.74, 6) is 0.994. The van der Waals surface area contributed by atoms with Crippen LogP contribution in [-0.4, -0.2) is 77.2 Å². The highest BCUT2D eigenvalue weighted by atomic mass is 16.5. The van der Waals surface area contributed by atoms with E-state index < -0.39 is 0 Å². The summed E-state index contributed by atoms with van der Waals surface area (Å²) in [6.45, 7) is 4.29. The lowest BCUT2D eigenvalue weighted by molar-refractivity contribution is -0.142. The van der Waals surface area contributed by atoms with Crippen molar-refractivity contribution in [1.82, 2.24) is 24.7 Å². The molecule has 2 aliphatic heterocycles. The van der Waals surface area contributed by atoms with E-state index in [0.29, 0.717) is 26.2 Å². The minimum atomic E-state index is -0.237. The maximum absolute atomic E-state index is 12.5. The molecule has 1 aromatic heterocycles. The van der Waals surface area contributed by atoms with Gasteiger partial charge in [0.15, 0.2) is 5.96 Å². The maximum atomic E-state index is 12.5. The minimum absolute atomic E-state index is 0.138. The third kappa shape index (κ3) is 4.42. The highest BCUT2D eigenvalue weighted by Gasteiger charge is 2.30. The number of nitrogens with zero attached hydrogens (tertiary/aromatic N) is 5. The van der Waals surface area contributed by atoms with Crippen LogP contribution in [0.2, 0.25) is 0 Å². The van der Waals surface area contributed by atoms with E-state index in [1.807, 2.05) is 27.8 Å². The van der Waals surface area contributed by atoms with Crippen molar-refractivity contribution in [3.63, 3.8) is 0 Å². The Labute approximate surface area is 171 Å². The van der Waals surface area contributed by atoms with Gasteiger partial charge in [0.25, 0.3) is 5.91 Å². The molecule has 29 heavy (non-hydrogen) atoms. The zero-order valence-corrected chi connectivity index (χ0v) is 16.8. The van der Waals surface area contributed by atoms with Crippen LogP contribution in [0.25, 0.3) is 5.69 Å². The van der Waals surface area contributed by atoms with Crippen molar-refractivity contribution in [3.05, 3.63) is 48.5 Å². The molecule has 1 atom stereocenters. The normalized spacial score (nSPS) is 20.2. The quantitative estimate of drug-likeness (QED) is 0.622. The van der Waals surface area contributed by atoms with E-state index in [1.54, 1.807) is 19.6 Å². The second kappa shape index (κ2) is 9.09. The molecule has 0 bridgehead atoms. The molecule has 1 unspecified atom stereocenters. The van der Waals surface area contributed by atoms with Crippen LogP contribution in [-0.2, 0) is 16.1 Å². The van der Waals surface area contributed by atoms with Gasteiger partial charge in [0.05, 0.1) is 12.0 Å². The van der Waals surface area contributed by atoms with Crippen LogP contribution in [0.4, 0.5) is 0 Å². The molecule has 1 N–H and O–H groups in total. The lowest BCUT2D eigenvalue weighted by Gasteiger charge is -2.37. The van der Waals surface area contributed by atoms with E-state index in [0.717, 1.165) is 37.6 Å². The number of hydrogen-bond donors (Lipinski definition) is 1. The third-order valence-corrected chi connectivity index (χ3v) is 5.52. The van der Waals surface area contributed by atoms with Gasteiger partial charge in [0, 0.05) is 58.8 Å². The first-order valence-electron chi connectivity index (χ1n) is 10.2. The number of nitrogens with one attached hydrogen (secondary N) is 1. The molecule has 0 radical (unpaired) electrons. The number of ether oxygens (including phenoxy) is 1. The lowest BCUT2D eigenvalue weighted by Crippen LogP contribution is -2.55. The SMILES string of the molecule is CN=C(NCc1ccccc1-n1ccnc1)N1CCN(C(=O)C2CCCO2)CC1. The highest BCUT2D eigenvalue weighted by molar-refractivity contribution is 5.82. The van der Waals surface area contributed by atoms with E-state index in [2.05, 4.69) is 32.3 Å². The molecular weight excluding hydrogens is 368 g/mol. The van der Waals surface area contributed by atoms with Gasteiger partial charge in [-0.25, -0.2) is 4.98 Å². The van der Waals surface area contributed by atoms with Crippen LogP contribution < -0.4 is 5.32 Å². The molecule has 154 valence electrons. The number of imidazole rings is 1. The molecule has 8 heteroatoms. The van der Waals surface area contributed by atoms with Crippen molar-refractivity contribution in [2.24, 2.45) is 4.99 Å². The van der Waals surface area contributed by atoms with Gasteiger partial charge < -0.3 is 24.4 Å². The third-order valence-electron chi connectivity index (χ3n) is 5.52. The van der Waals surface area contributed by atoms with Crippen molar-refractivity contribution in [1.29, 1.82) is 0 Å². The molecule has 0 saturated carbocycles. The van der Waals surface area contributed by atoms with Gasteiger partial charge in [-0.05, 0) is 24.5 Å². The predicted octanol–water partition coefficient (Wildman–Crippen LogP) is 1.27. The molecule has 8 nitrogen and oxygen atoms in total. The number of hydrogen-bond acceptors (Lipinski definition) is 4. The van der Waals surface area contributed by atoms with Crippen LogP contribution in [0.3, 0.4) is 0 Å². The lowest BCUT2D eigenvalue weighted by atomic mass is 10.1. The number of aromatic nitrogens is 2. The molecule has 4 rings (SSSR count). The minimum Gasteiger partial charge on any atom is -0.368 e. The molecule has 3 heterocycles. The molecule has 2 fully saturated rings. The Morgan fingerprint density at radius 2 is 2.03 bits per heavy atom. The first-order chi connectivity index (χ1) is 14.3. The summed E-state index contributed by atoms with van der Waals surface area (Å²) in [5, 5.41) is 3.47. The summed E-state index contributed by atoms with van der Waals surface area (Å²) in [6, 6.07) is 8.25. The van der Waals surface area contributed by atoms with Crippen molar-refractivity contribution in [2.45, 2.75) is 25.5 Å². The predicted molar refractivity (Wildman–Crippen MR) is 111 cm³/mol. The van der Waals surface area contributed by atoms with Crippen LogP contribution in [0, 0.1) is 0 Å². The first-order valence-corrected chi connectivity index (χ1v) is 10.2. The summed E-state index contributed by atoms with van der Waals surface area (Å²) in [7, 11) is 1.80. The number of piperazine rings is 1. The van der Waals surface area contributed by atoms with Crippen LogP contribution in [0.5, 0.6) is 0 Å². The van der Waals surface area contributed by atoms with E-state index >= 15 is 0 Å². The fourth-order valence-electron chi connectivity index (χ4n) is 3.94. The summed E-state index contributed by atoms with van der Waals surface area (Å²) in [6.07, 6.45) is 7.11. The monoisotopic (exact) mass is 396 g/mol. The molecule has 2 aromatic rings. The van der Waals surface area contributed by atoms with Gasteiger partial charge in [-0.2, -0.15) is 0 Å². The number of para-hydroxylation sites is 1. The summed E-state index contributed by atoms with van der Waals surface area (Å²) >= 11 is 0. The topological polar surface area (TPSA) is 75.0 Å². The fourth-order valence-corrected chi connectivity index (χ4v) is 3.94. The van der Waals surface area contributed by atoms with E-state index in [4.69, 9.17) is 4.74 Å². The Balaban J connectivity index is 1.34. The Hall–Kier alpha value is -2.87. The number of guanidine groups is 1. The highest BCUT2D eigenvalue weighted by Crippen LogP contribution is 2.17. The van der Waals surface area contributed by atoms with Crippen molar-refractivity contribution >= 4 is 11.9 Å².